The zero-order valence-electron chi connectivity index (χ0n) is 14.9. The van der Waals surface area contributed by atoms with Crippen LogP contribution in [0.25, 0.3) is 10.9 Å². The quantitative estimate of drug-likeness (QED) is 0.367. The van der Waals surface area contributed by atoms with Crippen molar-refractivity contribution in [1.29, 1.82) is 0 Å². The van der Waals surface area contributed by atoms with Crippen molar-refractivity contribution in [2.24, 2.45) is 0 Å². The first-order valence-corrected chi connectivity index (χ1v) is 9.17. The fourth-order valence-corrected chi connectivity index (χ4v) is 3.57. The van der Waals surface area contributed by atoms with Gasteiger partial charge in [-0.3, -0.25) is 29.1 Å². The first kappa shape index (κ1) is 19.4. The van der Waals surface area contributed by atoms with Gasteiger partial charge in [0, 0.05) is 30.5 Å². The molecular formula is C18H16N4O5S. The molecule has 0 bridgehead atoms. The van der Waals surface area contributed by atoms with Gasteiger partial charge in [-0.2, -0.15) is 0 Å². The van der Waals surface area contributed by atoms with Crippen molar-refractivity contribution < 1.29 is 14.5 Å². The Morgan fingerprint density at radius 3 is 2.79 bits per heavy atom. The van der Waals surface area contributed by atoms with Crippen molar-refractivity contribution in [1.82, 2.24) is 14.9 Å². The monoisotopic (exact) mass is 400 g/mol. The molecule has 0 aliphatic carbocycles. The van der Waals surface area contributed by atoms with Gasteiger partial charge in [-0.05, 0) is 24.6 Å². The normalized spacial score (nSPS) is 10.8. The van der Waals surface area contributed by atoms with Gasteiger partial charge in [-0.1, -0.05) is 0 Å². The van der Waals surface area contributed by atoms with Gasteiger partial charge in [0.1, 0.15) is 0 Å². The molecule has 1 aromatic carbocycles. The third kappa shape index (κ3) is 4.29. The van der Waals surface area contributed by atoms with Crippen molar-refractivity contribution >= 4 is 39.6 Å². The topological polar surface area (TPSA) is 124 Å². The van der Waals surface area contributed by atoms with Crippen LogP contribution in [0.3, 0.4) is 0 Å². The van der Waals surface area contributed by atoms with Gasteiger partial charge in [0.05, 0.1) is 33.6 Å². The predicted molar refractivity (Wildman–Crippen MR) is 104 cm³/mol. The molecule has 9 nitrogen and oxygen atoms in total. The van der Waals surface area contributed by atoms with E-state index in [0.29, 0.717) is 23.4 Å². The summed E-state index contributed by atoms with van der Waals surface area (Å²) in [6.07, 6.45) is 1.87. The lowest BCUT2D eigenvalue weighted by atomic mass is 10.2. The predicted octanol–water partition coefficient (Wildman–Crippen LogP) is 1.93. The van der Waals surface area contributed by atoms with Crippen LogP contribution < -0.4 is 10.9 Å². The molecule has 0 saturated carbocycles. The van der Waals surface area contributed by atoms with E-state index in [2.05, 4.69) is 10.3 Å². The van der Waals surface area contributed by atoms with Crippen LogP contribution in [0, 0.1) is 10.1 Å². The second-order valence-electron chi connectivity index (χ2n) is 6.06. The van der Waals surface area contributed by atoms with E-state index in [4.69, 9.17) is 0 Å². The molecule has 10 heteroatoms. The fourth-order valence-electron chi connectivity index (χ4n) is 2.63. The maximum absolute atomic E-state index is 12.6. The van der Waals surface area contributed by atoms with Crippen LogP contribution in [0.5, 0.6) is 0 Å². The minimum Gasteiger partial charge on any atom is -0.356 e. The molecule has 0 radical (unpaired) electrons. The zero-order chi connectivity index (χ0) is 20.3. The second-order valence-corrected chi connectivity index (χ2v) is 7.23. The summed E-state index contributed by atoms with van der Waals surface area (Å²) in [5, 5.41) is 13.7. The number of nitro benzene ring substituents is 1. The zero-order valence-corrected chi connectivity index (χ0v) is 15.7. The third-order valence-electron chi connectivity index (χ3n) is 4.01. The Hall–Kier alpha value is -3.40. The van der Waals surface area contributed by atoms with E-state index in [0.717, 1.165) is 15.5 Å². The summed E-state index contributed by atoms with van der Waals surface area (Å²) < 4.78 is 1.14. The van der Waals surface area contributed by atoms with Crippen molar-refractivity contribution in [3.05, 3.63) is 66.9 Å². The summed E-state index contributed by atoms with van der Waals surface area (Å²) in [7, 11) is 0. The number of ketones is 1. The molecule has 2 heterocycles. The Balaban J connectivity index is 1.78. The minimum atomic E-state index is -0.588. The standard InChI is InChI=1S/C18H16N4O5S/c1-11(23)19-7-6-13-3-5-17(28-13)16(24)9-21-10-20-15-4-2-12(22(26)27)8-14(15)18(21)25/h2-5,8,10H,6-7,9H2,1H3,(H,19,23). The van der Waals surface area contributed by atoms with Crippen LogP contribution in [0.1, 0.15) is 21.5 Å². The number of carbonyl (C=O) groups excluding carboxylic acids is 2. The highest BCUT2D eigenvalue weighted by Gasteiger charge is 2.14. The molecule has 3 aromatic rings. The molecular weight excluding hydrogens is 384 g/mol. The molecule has 2 aromatic heterocycles. The first-order chi connectivity index (χ1) is 13.3. The van der Waals surface area contributed by atoms with Gasteiger partial charge in [0.25, 0.3) is 11.2 Å². The number of rotatable bonds is 7. The smallest absolute Gasteiger partial charge is 0.270 e. The van der Waals surface area contributed by atoms with Crippen LogP contribution >= 0.6 is 11.3 Å². The molecule has 0 aliphatic heterocycles. The van der Waals surface area contributed by atoms with Gasteiger partial charge in [0.15, 0.2) is 5.78 Å². The average Bonchev–Trinajstić information content (AvgIpc) is 3.12. The van der Waals surface area contributed by atoms with Crippen molar-refractivity contribution in [2.45, 2.75) is 19.9 Å². The molecule has 0 atom stereocenters. The fraction of sp³-hybridized carbons (Fsp3) is 0.222. The summed E-state index contributed by atoms with van der Waals surface area (Å²) in [6.45, 7) is 1.71. The van der Waals surface area contributed by atoms with Crippen LogP contribution in [0.4, 0.5) is 5.69 Å². The van der Waals surface area contributed by atoms with E-state index >= 15 is 0 Å². The highest BCUT2D eigenvalue weighted by Crippen LogP contribution is 2.19. The second kappa shape index (κ2) is 8.09. The number of nitro groups is 1. The lowest BCUT2D eigenvalue weighted by Gasteiger charge is -2.05. The number of amides is 1. The Morgan fingerprint density at radius 1 is 1.29 bits per heavy atom. The van der Waals surface area contributed by atoms with E-state index in [1.54, 1.807) is 6.07 Å². The van der Waals surface area contributed by atoms with Gasteiger partial charge in [-0.15, -0.1) is 11.3 Å². The number of hydrogen-bond donors (Lipinski definition) is 1. The third-order valence-corrected chi connectivity index (χ3v) is 5.20. The molecule has 0 spiro atoms. The van der Waals surface area contributed by atoms with Crippen molar-refractivity contribution in [3.63, 3.8) is 0 Å². The number of nitrogens with one attached hydrogen (secondary N) is 1. The number of non-ortho nitro benzene ring substituents is 1. The first-order valence-electron chi connectivity index (χ1n) is 8.35. The minimum absolute atomic E-state index is 0.0895. The van der Waals surface area contributed by atoms with E-state index in [9.17, 15) is 24.5 Å². The van der Waals surface area contributed by atoms with Crippen LogP contribution in [0.2, 0.25) is 0 Å². The number of benzene rings is 1. The van der Waals surface area contributed by atoms with Gasteiger partial charge < -0.3 is 5.32 Å². The Bertz CT molecular complexity index is 1130. The average molecular weight is 400 g/mol. The molecule has 0 unspecified atom stereocenters. The SMILES string of the molecule is CC(=O)NCCc1ccc(C(=O)Cn2cnc3ccc([N+](=O)[O-])cc3c2=O)s1. The summed E-state index contributed by atoms with van der Waals surface area (Å²) >= 11 is 1.30. The number of hydrogen-bond acceptors (Lipinski definition) is 7. The number of aromatic nitrogens is 2. The molecule has 28 heavy (non-hydrogen) atoms. The highest BCUT2D eigenvalue weighted by molar-refractivity contribution is 7.14. The Morgan fingerprint density at radius 2 is 2.07 bits per heavy atom. The van der Waals surface area contributed by atoms with E-state index in [-0.39, 0.29) is 29.3 Å². The van der Waals surface area contributed by atoms with E-state index < -0.39 is 10.5 Å². The number of nitrogens with zero attached hydrogens (tertiary/aromatic N) is 3. The highest BCUT2D eigenvalue weighted by atomic mass is 32.1. The molecule has 1 amide bonds. The maximum Gasteiger partial charge on any atom is 0.270 e. The van der Waals surface area contributed by atoms with Crippen LogP contribution in [-0.4, -0.2) is 32.7 Å². The number of fused-ring (bicyclic) bond motifs is 1. The van der Waals surface area contributed by atoms with Gasteiger partial charge in [0.2, 0.25) is 5.91 Å². The van der Waals surface area contributed by atoms with Crippen LogP contribution in [0.15, 0.2) is 41.5 Å². The lowest BCUT2D eigenvalue weighted by Crippen LogP contribution is -2.24. The lowest BCUT2D eigenvalue weighted by molar-refractivity contribution is -0.384. The van der Waals surface area contributed by atoms with E-state index in [1.807, 2.05) is 6.07 Å². The molecule has 0 fully saturated rings. The Labute approximate surface area is 162 Å². The molecule has 144 valence electrons. The molecule has 1 N–H and O–H groups in total. The van der Waals surface area contributed by atoms with Gasteiger partial charge in [-0.25, -0.2) is 4.98 Å². The largest absolute Gasteiger partial charge is 0.356 e. The van der Waals surface area contributed by atoms with Crippen molar-refractivity contribution in [2.75, 3.05) is 6.54 Å². The van der Waals surface area contributed by atoms with Crippen LogP contribution in [-0.2, 0) is 17.8 Å². The number of thiophene rings is 1. The molecule has 0 aliphatic rings. The number of Topliss-reactive ketones (excluding diaryl/α,β-unsaturated/α-hetero) is 1. The van der Waals surface area contributed by atoms with E-state index in [1.165, 1.54) is 36.7 Å². The number of carbonyl (C=O) groups is 2. The summed E-state index contributed by atoms with van der Waals surface area (Å²) in [4.78, 5) is 51.9. The van der Waals surface area contributed by atoms with Crippen molar-refractivity contribution in [3.8, 4) is 0 Å². The summed E-state index contributed by atoms with van der Waals surface area (Å²) in [5.41, 5.74) is -0.391. The maximum atomic E-state index is 12.6. The summed E-state index contributed by atoms with van der Waals surface area (Å²) in [5.74, 6) is -0.374. The molecule has 3 rings (SSSR count). The van der Waals surface area contributed by atoms with Gasteiger partial charge >= 0.3 is 0 Å². The molecule has 0 saturated heterocycles. The Kier molecular flexibility index (Phi) is 5.59. The summed E-state index contributed by atoms with van der Waals surface area (Å²) in [6, 6.07) is 7.34.